The van der Waals surface area contributed by atoms with Crippen molar-refractivity contribution in [3.8, 4) is 5.75 Å². The Morgan fingerprint density at radius 2 is 1.72 bits per heavy atom. The summed E-state index contributed by atoms with van der Waals surface area (Å²) in [5, 5.41) is 0. The minimum Gasteiger partial charge on any atom is -0.496 e. The molecule has 2 aromatic rings. The Kier molecular flexibility index (Phi) is 6.71. The number of rotatable bonds is 5. The van der Waals surface area contributed by atoms with Crippen molar-refractivity contribution < 1.29 is 17.9 Å². The third kappa shape index (κ3) is 4.61. The first-order chi connectivity index (χ1) is 15.4. The van der Waals surface area contributed by atoms with Gasteiger partial charge in [-0.15, -0.1) is 0 Å². The van der Waals surface area contributed by atoms with Gasteiger partial charge >= 0.3 is 0 Å². The quantitative estimate of drug-likeness (QED) is 0.691. The molecule has 1 amide bonds. The molecule has 1 atom stereocenters. The molecule has 8 heteroatoms. The number of methoxy groups -OCH3 is 1. The third-order valence-corrected chi connectivity index (χ3v) is 8.31. The summed E-state index contributed by atoms with van der Waals surface area (Å²) in [7, 11) is -2.09. The molecule has 0 radical (unpaired) electrons. The topological polar surface area (TPSA) is 70.2 Å². The average Bonchev–Trinajstić information content (AvgIpc) is 2.84. The van der Waals surface area contributed by atoms with Crippen molar-refractivity contribution in [2.45, 2.75) is 24.7 Å². The first kappa shape index (κ1) is 22.6. The zero-order chi connectivity index (χ0) is 22.7. The predicted octanol–water partition coefficient (Wildman–Crippen LogP) is 2.75. The lowest BCUT2D eigenvalue weighted by atomic mass is 9.97. The summed E-state index contributed by atoms with van der Waals surface area (Å²) in [6, 6.07) is 15.1. The van der Waals surface area contributed by atoms with Crippen LogP contribution >= 0.6 is 0 Å². The highest BCUT2D eigenvalue weighted by Crippen LogP contribution is 2.28. The number of hydrogen-bond acceptors (Lipinski definition) is 5. The lowest BCUT2D eigenvalue weighted by Crippen LogP contribution is -2.53. The standard InChI is InChI=1S/C24H31N3O4S/c1-19-17-22(10-11-23(19)31-2)32(29,30)27-12-6-7-20(18-27)24(28)26-15-13-25(14-16-26)21-8-4-3-5-9-21/h3-5,8-11,17,20H,6-7,12-16,18H2,1-2H3. The van der Waals surface area contributed by atoms with Crippen LogP contribution in [0.3, 0.4) is 0 Å². The fraction of sp³-hybridized carbons (Fsp3) is 0.458. The summed E-state index contributed by atoms with van der Waals surface area (Å²) >= 11 is 0. The van der Waals surface area contributed by atoms with Crippen LogP contribution in [0.25, 0.3) is 0 Å². The highest BCUT2D eigenvalue weighted by atomic mass is 32.2. The van der Waals surface area contributed by atoms with Gasteiger partial charge in [-0.3, -0.25) is 4.79 Å². The monoisotopic (exact) mass is 457 g/mol. The van der Waals surface area contributed by atoms with Gasteiger partial charge in [0.1, 0.15) is 5.75 Å². The number of nitrogens with zero attached hydrogens (tertiary/aromatic N) is 3. The van der Waals surface area contributed by atoms with Crippen molar-refractivity contribution in [1.82, 2.24) is 9.21 Å². The smallest absolute Gasteiger partial charge is 0.243 e. The lowest BCUT2D eigenvalue weighted by Gasteiger charge is -2.39. The van der Waals surface area contributed by atoms with Gasteiger partial charge in [-0.05, 0) is 55.7 Å². The van der Waals surface area contributed by atoms with Crippen molar-refractivity contribution in [1.29, 1.82) is 0 Å². The van der Waals surface area contributed by atoms with Gasteiger partial charge in [0.2, 0.25) is 15.9 Å². The van der Waals surface area contributed by atoms with E-state index < -0.39 is 10.0 Å². The highest BCUT2D eigenvalue weighted by molar-refractivity contribution is 7.89. The summed E-state index contributed by atoms with van der Waals surface area (Å²) < 4.78 is 33.2. The SMILES string of the molecule is COc1ccc(S(=O)(=O)N2CCCC(C(=O)N3CCN(c4ccccc4)CC3)C2)cc1C. The summed E-state index contributed by atoms with van der Waals surface area (Å²) in [6.07, 6.45) is 1.42. The van der Waals surface area contributed by atoms with Crippen LogP contribution in [0.5, 0.6) is 5.75 Å². The van der Waals surface area contributed by atoms with Crippen LogP contribution in [0.2, 0.25) is 0 Å². The number of anilines is 1. The molecule has 0 N–H and O–H groups in total. The van der Waals surface area contributed by atoms with Crippen LogP contribution in [0.15, 0.2) is 53.4 Å². The number of piperazine rings is 1. The van der Waals surface area contributed by atoms with Crippen LogP contribution in [-0.2, 0) is 14.8 Å². The number of benzene rings is 2. The Balaban J connectivity index is 1.40. The molecule has 4 rings (SSSR count). The maximum atomic E-state index is 13.2. The second-order valence-corrected chi connectivity index (χ2v) is 10.4. The molecule has 32 heavy (non-hydrogen) atoms. The molecule has 7 nitrogen and oxygen atoms in total. The number of piperidine rings is 1. The number of carbonyl (C=O) groups is 1. The van der Waals surface area contributed by atoms with Gasteiger partial charge in [0.05, 0.1) is 17.9 Å². The average molecular weight is 458 g/mol. The number of aryl methyl sites for hydroxylation is 1. The van der Waals surface area contributed by atoms with E-state index in [1.54, 1.807) is 25.3 Å². The fourth-order valence-corrected chi connectivity index (χ4v) is 6.21. The molecule has 2 fully saturated rings. The van der Waals surface area contributed by atoms with Crippen molar-refractivity contribution in [2.24, 2.45) is 5.92 Å². The second-order valence-electron chi connectivity index (χ2n) is 8.48. The number of sulfonamides is 1. The Bertz CT molecular complexity index is 1050. The van der Waals surface area contributed by atoms with E-state index in [0.29, 0.717) is 31.8 Å². The van der Waals surface area contributed by atoms with Gasteiger partial charge < -0.3 is 14.5 Å². The number of hydrogen-bond donors (Lipinski definition) is 0. The Labute approximate surface area is 190 Å². The second kappa shape index (κ2) is 9.50. The Morgan fingerprint density at radius 3 is 2.38 bits per heavy atom. The minimum absolute atomic E-state index is 0.0727. The number of ether oxygens (including phenoxy) is 1. The number of para-hydroxylation sites is 1. The van der Waals surface area contributed by atoms with Crippen molar-refractivity contribution in [2.75, 3.05) is 51.3 Å². The third-order valence-electron chi connectivity index (χ3n) is 6.45. The molecule has 0 aliphatic carbocycles. The Hall–Kier alpha value is -2.58. The highest BCUT2D eigenvalue weighted by Gasteiger charge is 2.36. The first-order valence-electron chi connectivity index (χ1n) is 11.1. The summed E-state index contributed by atoms with van der Waals surface area (Å²) in [5.74, 6) is 0.440. The van der Waals surface area contributed by atoms with Crippen LogP contribution < -0.4 is 9.64 Å². The molecule has 2 aromatic carbocycles. The summed E-state index contributed by atoms with van der Waals surface area (Å²) in [4.78, 5) is 17.6. The normalized spacial score (nSPS) is 20.2. The number of carbonyl (C=O) groups excluding carboxylic acids is 1. The molecule has 0 spiro atoms. The van der Waals surface area contributed by atoms with E-state index in [1.807, 2.05) is 30.0 Å². The molecule has 0 saturated carbocycles. The van der Waals surface area contributed by atoms with E-state index in [9.17, 15) is 13.2 Å². The van der Waals surface area contributed by atoms with Crippen LogP contribution in [0.1, 0.15) is 18.4 Å². The predicted molar refractivity (Wildman–Crippen MR) is 124 cm³/mol. The van der Waals surface area contributed by atoms with E-state index in [2.05, 4.69) is 17.0 Å². The van der Waals surface area contributed by atoms with E-state index in [1.165, 1.54) is 9.99 Å². The summed E-state index contributed by atoms with van der Waals surface area (Å²) in [5.41, 5.74) is 1.94. The van der Waals surface area contributed by atoms with Gasteiger partial charge in [-0.25, -0.2) is 8.42 Å². The maximum absolute atomic E-state index is 13.2. The Morgan fingerprint density at radius 1 is 1.00 bits per heavy atom. The van der Waals surface area contributed by atoms with Crippen molar-refractivity contribution in [3.63, 3.8) is 0 Å². The van der Waals surface area contributed by atoms with Gasteiger partial charge in [0.25, 0.3) is 0 Å². The van der Waals surface area contributed by atoms with E-state index in [4.69, 9.17) is 4.74 Å². The summed E-state index contributed by atoms with van der Waals surface area (Å²) in [6.45, 7) is 5.41. The molecule has 2 saturated heterocycles. The van der Waals surface area contributed by atoms with E-state index in [-0.39, 0.29) is 23.3 Å². The van der Waals surface area contributed by atoms with Crippen LogP contribution in [-0.4, -0.2) is 69.9 Å². The van der Waals surface area contributed by atoms with Crippen molar-refractivity contribution >= 4 is 21.6 Å². The van der Waals surface area contributed by atoms with E-state index >= 15 is 0 Å². The molecule has 0 bridgehead atoms. The molecule has 2 aliphatic rings. The lowest BCUT2D eigenvalue weighted by molar-refractivity contribution is -0.137. The zero-order valence-corrected chi connectivity index (χ0v) is 19.6. The molecule has 2 heterocycles. The molecule has 1 unspecified atom stereocenters. The van der Waals surface area contributed by atoms with Crippen LogP contribution in [0, 0.1) is 12.8 Å². The molecular weight excluding hydrogens is 426 g/mol. The van der Waals surface area contributed by atoms with Gasteiger partial charge in [-0.2, -0.15) is 4.31 Å². The van der Waals surface area contributed by atoms with E-state index in [0.717, 1.165) is 25.1 Å². The first-order valence-corrected chi connectivity index (χ1v) is 12.6. The fourth-order valence-electron chi connectivity index (χ4n) is 4.60. The van der Waals surface area contributed by atoms with Crippen LogP contribution in [0.4, 0.5) is 5.69 Å². The van der Waals surface area contributed by atoms with Gasteiger partial charge in [0.15, 0.2) is 0 Å². The van der Waals surface area contributed by atoms with Gasteiger partial charge in [-0.1, -0.05) is 18.2 Å². The number of amides is 1. The van der Waals surface area contributed by atoms with Gasteiger partial charge in [0, 0.05) is 45.0 Å². The van der Waals surface area contributed by atoms with Crippen molar-refractivity contribution in [3.05, 3.63) is 54.1 Å². The largest absolute Gasteiger partial charge is 0.496 e. The zero-order valence-electron chi connectivity index (χ0n) is 18.7. The maximum Gasteiger partial charge on any atom is 0.243 e. The minimum atomic E-state index is -3.65. The molecule has 172 valence electrons. The molecule has 2 aliphatic heterocycles. The molecular formula is C24H31N3O4S. The molecule has 0 aromatic heterocycles.